The van der Waals surface area contributed by atoms with Crippen LogP contribution in [0.4, 0.5) is 0 Å². The van der Waals surface area contributed by atoms with Crippen LogP contribution in [0.15, 0.2) is 107 Å². The maximum absolute atomic E-state index is 12.5. The molecule has 2 aliphatic rings. The van der Waals surface area contributed by atoms with Gasteiger partial charge in [0.2, 0.25) is 6.23 Å². The Morgan fingerprint density at radius 1 is 0.944 bits per heavy atom. The molecule has 2 heterocycles. The van der Waals surface area contributed by atoms with E-state index in [1.54, 1.807) is 24.3 Å². The normalized spacial score (nSPS) is 18.1. The maximum atomic E-state index is 12.5. The van der Waals surface area contributed by atoms with E-state index < -0.39 is 0 Å². The van der Waals surface area contributed by atoms with Crippen LogP contribution in [0.2, 0.25) is 0 Å². The first kappa shape index (κ1) is 22.6. The summed E-state index contributed by atoms with van der Waals surface area (Å²) in [5, 5.41) is 7.06. The number of para-hydroxylation sites is 1. The Labute approximate surface area is 218 Å². The van der Waals surface area contributed by atoms with Crippen LogP contribution in [0, 0.1) is 6.92 Å². The Bertz CT molecular complexity index is 1450. The van der Waals surface area contributed by atoms with Crippen molar-refractivity contribution >= 4 is 27.6 Å². The van der Waals surface area contributed by atoms with Crippen molar-refractivity contribution in [2.24, 2.45) is 5.10 Å². The Hall–Kier alpha value is -3.90. The largest absolute Gasteiger partial charge is 0.464 e. The Morgan fingerprint density at radius 2 is 1.67 bits per heavy atom. The fourth-order valence-corrected chi connectivity index (χ4v) is 4.89. The summed E-state index contributed by atoms with van der Waals surface area (Å²) in [6.07, 6.45) is 0.407. The molecule has 36 heavy (non-hydrogen) atoms. The minimum Gasteiger partial charge on any atom is -0.464 e. The number of benzene rings is 4. The van der Waals surface area contributed by atoms with E-state index in [9.17, 15) is 4.79 Å². The molecule has 6 heteroatoms. The molecular formula is C30H23BrN2O3. The molecule has 4 aromatic rings. The monoisotopic (exact) mass is 538 g/mol. The lowest BCUT2D eigenvalue weighted by Crippen LogP contribution is -2.33. The van der Waals surface area contributed by atoms with Gasteiger partial charge in [0.25, 0.3) is 0 Å². The number of hydrogen-bond donors (Lipinski definition) is 0. The Balaban J connectivity index is 1.28. The van der Waals surface area contributed by atoms with Crippen LogP contribution in [-0.4, -0.2) is 16.7 Å². The molecule has 4 aromatic carbocycles. The van der Waals surface area contributed by atoms with Gasteiger partial charge in [-0.3, -0.25) is 0 Å². The van der Waals surface area contributed by atoms with Crippen molar-refractivity contribution in [3.63, 3.8) is 0 Å². The van der Waals surface area contributed by atoms with Gasteiger partial charge < -0.3 is 9.47 Å². The predicted octanol–water partition coefficient (Wildman–Crippen LogP) is 7.22. The summed E-state index contributed by atoms with van der Waals surface area (Å²) in [4.78, 5) is 12.5. The molecule has 0 radical (unpaired) electrons. The van der Waals surface area contributed by atoms with Crippen molar-refractivity contribution in [1.82, 2.24) is 5.01 Å². The second kappa shape index (κ2) is 9.28. The average Bonchev–Trinajstić information content (AvgIpc) is 3.35. The number of carbonyl (C=O) groups is 1. The first-order valence-electron chi connectivity index (χ1n) is 11.8. The van der Waals surface area contributed by atoms with Gasteiger partial charge in [0, 0.05) is 22.0 Å². The summed E-state index contributed by atoms with van der Waals surface area (Å²) in [5.41, 5.74) is 5.81. The van der Waals surface area contributed by atoms with Crippen LogP contribution in [0.1, 0.15) is 51.3 Å². The standard InChI is InChI=1S/C30H23BrN2O3/c1-19-6-8-22(9-7-19)30(34)35-24-16-12-21(13-17-24)29-33-27(25-4-2-3-5-28(25)36-29)18-26(32-33)20-10-14-23(31)15-11-20/h2-17,27,29H,18H2,1H3/t27-,29-/m1/s1. The highest BCUT2D eigenvalue weighted by Crippen LogP contribution is 2.47. The van der Waals surface area contributed by atoms with Gasteiger partial charge in [0.15, 0.2) is 0 Å². The molecule has 0 spiro atoms. The molecule has 2 aliphatic heterocycles. The average molecular weight is 539 g/mol. The molecule has 5 nitrogen and oxygen atoms in total. The van der Waals surface area contributed by atoms with Crippen molar-refractivity contribution in [3.8, 4) is 11.5 Å². The highest BCUT2D eigenvalue weighted by Gasteiger charge is 2.40. The van der Waals surface area contributed by atoms with E-state index in [0.29, 0.717) is 11.3 Å². The number of esters is 1. The third-order valence-electron chi connectivity index (χ3n) is 6.54. The van der Waals surface area contributed by atoms with E-state index in [-0.39, 0.29) is 18.2 Å². The quantitative estimate of drug-likeness (QED) is 0.203. The molecule has 0 saturated carbocycles. The Kier molecular flexibility index (Phi) is 5.82. The topological polar surface area (TPSA) is 51.1 Å². The summed E-state index contributed by atoms with van der Waals surface area (Å²) in [6, 6.07) is 31.3. The number of hydrogen-bond acceptors (Lipinski definition) is 5. The van der Waals surface area contributed by atoms with E-state index in [0.717, 1.165) is 44.6 Å². The smallest absolute Gasteiger partial charge is 0.343 e. The van der Waals surface area contributed by atoms with Crippen LogP contribution >= 0.6 is 15.9 Å². The molecule has 0 bridgehead atoms. The number of halogens is 1. The summed E-state index contributed by atoms with van der Waals surface area (Å²) in [5.74, 6) is 0.970. The highest BCUT2D eigenvalue weighted by molar-refractivity contribution is 9.10. The number of nitrogens with zero attached hydrogens (tertiary/aromatic N) is 2. The van der Waals surface area contributed by atoms with Crippen molar-refractivity contribution in [1.29, 1.82) is 0 Å². The zero-order valence-electron chi connectivity index (χ0n) is 19.6. The lowest BCUT2D eigenvalue weighted by atomic mass is 9.96. The van der Waals surface area contributed by atoms with E-state index >= 15 is 0 Å². The maximum Gasteiger partial charge on any atom is 0.343 e. The number of hydrazone groups is 1. The van der Waals surface area contributed by atoms with Gasteiger partial charge >= 0.3 is 5.97 Å². The molecule has 6 rings (SSSR count). The molecule has 0 amide bonds. The third-order valence-corrected chi connectivity index (χ3v) is 7.07. The number of carbonyl (C=O) groups excluding carboxylic acids is 1. The lowest BCUT2D eigenvalue weighted by molar-refractivity contribution is -0.0190. The van der Waals surface area contributed by atoms with Gasteiger partial charge in [-0.15, -0.1) is 0 Å². The fraction of sp³-hybridized carbons (Fsp3) is 0.133. The SMILES string of the molecule is Cc1ccc(C(=O)Oc2ccc([C@H]3Oc4ccccc4[C@H]4CC(c5ccc(Br)cc5)=NN43)cc2)cc1. The van der Waals surface area contributed by atoms with Gasteiger partial charge in [-0.1, -0.05) is 64.0 Å². The second-order valence-electron chi connectivity index (χ2n) is 8.99. The van der Waals surface area contributed by atoms with Crippen molar-refractivity contribution in [3.05, 3.63) is 129 Å². The number of ether oxygens (including phenoxy) is 2. The highest BCUT2D eigenvalue weighted by atomic mass is 79.9. The lowest BCUT2D eigenvalue weighted by Gasteiger charge is -2.38. The van der Waals surface area contributed by atoms with E-state index in [1.807, 2.05) is 66.5 Å². The molecule has 0 fully saturated rings. The summed E-state index contributed by atoms with van der Waals surface area (Å²) in [7, 11) is 0. The van der Waals surface area contributed by atoms with Crippen molar-refractivity contribution in [2.45, 2.75) is 25.6 Å². The van der Waals surface area contributed by atoms with E-state index in [4.69, 9.17) is 14.6 Å². The van der Waals surface area contributed by atoms with Crippen LogP contribution in [0.5, 0.6) is 11.5 Å². The second-order valence-corrected chi connectivity index (χ2v) is 9.90. The van der Waals surface area contributed by atoms with Crippen LogP contribution in [0.25, 0.3) is 0 Å². The van der Waals surface area contributed by atoms with Crippen LogP contribution in [0.3, 0.4) is 0 Å². The third kappa shape index (κ3) is 4.29. The molecule has 2 atom stereocenters. The minimum absolute atomic E-state index is 0.0811. The van der Waals surface area contributed by atoms with E-state index in [2.05, 4.69) is 34.1 Å². The molecule has 0 N–H and O–H groups in total. The molecule has 0 aromatic heterocycles. The zero-order chi connectivity index (χ0) is 24.6. The first-order valence-corrected chi connectivity index (χ1v) is 12.6. The molecule has 178 valence electrons. The first-order chi connectivity index (χ1) is 17.5. The van der Waals surface area contributed by atoms with Gasteiger partial charge in [0.05, 0.1) is 17.3 Å². The molecule has 0 unspecified atom stereocenters. The zero-order valence-corrected chi connectivity index (χ0v) is 21.2. The Morgan fingerprint density at radius 3 is 2.42 bits per heavy atom. The molecule has 0 aliphatic carbocycles. The van der Waals surface area contributed by atoms with E-state index in [1.165, 1.54) is 0 Å². The van der Waals surface area contributed by atoms with Gasteiger partial charge in [-0.05, 0) is 67.1 Å². The number of rotatable bonds is 4. The van der Waals surface area contributed by atoms with Crippen LogP contribution in [-0.2, 0) is 0 Å². The predicted molar refractivity (Wildman–Crippen MR) is 142 cm³/mol. The summed E-state index contributed by atoms with van der Waals surface area (Å²) in [6.45, 7) is 1.98. The molecular weight excluding hydrogens is 516 g/mol. The van der Waals surface area contributed by atoms with Gasteiger partial charge in [-0.25, -0.2) is 9.80 Å². The summed E-state index contributed by atoms with van der Waals surface area (Å²) < 4.78 is 13.1. The van der Waals surface area contributed by atoms with Crippen molar-refractivity contribution in [2.75, 3.05) is 0 Å². The number of aryl methyl sites for hydroxylation is 1. The van der Waals surface area contributed by atoms with Gasteiger partial charge in [0.1, 0.15) is 11.5 Å². The van der Waals surface area contributed by atoms with Crippen molar-refractivity contribution < 1.29 is 14.3 Å². The fourth-order valence-electron chi connectivity index (χ4n) is 4.63. The van der Waals surface area contributed by atoms with Crippen LogP contribution < -0.4 is 9.47 Å². The minimum atomic E-state index is -0.389. The number of fused-ring (bicyclic) bond motifs is 3. The van der Waals surface area contributed by atoms with Gasteiger partial charge in [-0.2, -0.15) is 5.10 Å². The molecule has 0 saturated heterocycles. The summed E-state index contributed by atoms with van der Waals surface area (Å²) >= 11 is 3.51.